The Balaban J connectivity index is 1.54. The first kappa shape index (κ1) is 16.0. The highest BCUT2D eigenvalue weighted by atomic mass is 19.1. The largest absolute Gasteiger partial charge is 0.286 e. The lowest BCUT2D eigenvalue weighted by molar-refractivity contribution is -0.0489. The first-order valence-corrected chi connectivity index (χ1v) is 8.80. The van der Waals surface area contributed by atoms with Crippen LogP contribution in [0.3, 0.4) is 0 Å². The zero-order valence-corrected chi connectivity index (χ0v) is 14.2. The minimum absolute atomic E-state index is 0.113. The van der Waals surface area contributed by atoms with Gasteiger partial charge in [0, 0.05) is 19.5 Å². The monoisotopic (exact) mass is 331 g/mol. The van der Waals surface area contributed by atoms with Gasteiger partial charge in [0.15, 0.2) is 0 Å². The van der Waals surface area contributed by atoms with Gasteiger partial charge in [-0.2, -0.15) is 0 Å². The summed E-state index contributed by atoms with van der Waals surface area (Å²) in [5, 5.41) is 0. The topological polar surface area (TPSA) is 3.24 Å². The molecular formula is C23H22FN. The predicted molar refractivity (Wildman–Crippen MR) is 100 cm³/mol. The first-order chi connectivity index (χ1) is 12.2. The van der Waals surface area contributed by atoms with Crippen molar-refractivity contribution >= 4 is 0 Å². The van der Waals surface area contributed by atoms with E-state index < -0.39 is 5.67 Å². The van der Waals surface area contributed by atoms with E-state index in [4.69, 9.17) is 0 Å². The van der Waals surface area contributed by atoms with Crippen LogP contribution in [0.25, 0.3) is 0 Å². The minimum Gasteiger partial charge on any atom is -0.286 e. The second kappa shape index (κ2) is 6.81. The van der Waals surface area contributed by atoms with Crippen LogP contribution in [0.1, 0.15) is 22.7 Å². The Morgan fingerprint density at radius 2 is 1.16 bits per heavy atom. The molecule has 1 saturated heterocycles. The van der Waals surface area contributed by atoms with Crippen molar-refractivity contribution in [2.75, 3.05) is 13.1 Å². The van der Waals surface area contributed by atoms with Crippen LogP contribution in [-0.4, -0.2) is 23.7 Å². The van der Waals surface area contributed by atoms with Gasteiger partial charge in [-0.3, -0.25) is 4.90 Å². The maximum absolute atomic E-state index is 15.2. The molecule has 0 bridgehead atoms. The van der Waals surface area contributed by atoms with E-state index in [1.165, 1.54) is 11.1 Å². The molecule has 0 atom stereocenters. The van der Waals surface area contributed by atoms with Crippen LogP contribution in [0.4, 0.5) is 4.39 Å². The van der Waals surface area contributed by atoms with Gasteiger partial charge in [-0.25, -0.2) is 4.39 Å². The van der Waals surface area contributed by atoms with Crippen LogP contribution in [0.2, 0.25) is 0 Å². The molecule has 3 aromatic rings. The van der Waals surface area contributed by atoms with Crippen molar-refractivity contribution in [2.45, 2.75) is 18.1 Å². The standard InChI is InChI=1S/C23H22FN/c24-23(16-19-10-4-1-5-11-19)17-25(18-23)22(20-12-6-2-7-13-20)21-14-8-3-9-15-21/h1-15,22H,16-18H2. The molecule has 0 aromatic heterocycles. The van der Waals surface area contributed by atoms with Gasteiger partial charge in [-0.1, -0.05) is 91.0 Å². The van der Waals surface area contributed by atoms with Crippen LogP contribution in [0.15, 0.2) is 91.0 Å². The zero-order valence-electron chi connectivity index (χ0n) is 14.2. The van der Waals surface area contributed by atoms with Gasteiger partial charge in [-0.15, -0.1) is 0 Å². The highest BCUT2D eigenvalue weighted by Crippen LogP contribution is 2.39. The van der Waals surface area contributed by atoms with Gasteiger partial charge in [-0.05, 0) is 16.7 Å². The summed E-state index contributed by atoms with van der Waals surface area (Å²) in [5.41, 5.74) is 2.37. The number of hydrogen-bond acceptors (Lipinski definition) is 1. The molecule has 1 fully saturated rings. The normalized spacial score (nSPS) is 16.6. The highest BCUT2D eigenvalue weighted by Gasteiger charge is 2.46. The number of hydrogen-bond donors (Lipinski definition) is 0. The minimum atomic E-state index is -1.14. The van der Waals surface area contributed by atoms with Gasteiger partial charge in [0.1, 0.15) is 5.67 Å². The Kier molecular flexibility index (Phi) is 4.37. The summed E-state index contributed by atoms with van der Waals surface area (Å²) < 4.78 is 15.2. The third-order valence-corrected chi connectivity index (χ3v) is 4.93. The van der Waals surface area contributed by atoms with Crippen LogP contribution >= 0.6 is 0 Å². The summed E-state index contributed by atoms with van der Waals surface area (Å²) in [7, 11) is 0. The fourth-order valence-corrected chi connectivity index (χ4v) is 3.82. The van der Waals surface area contributed by atoms with E-state index in [9.17, 15) is 0 Å². The zero-order chi connectivity index (χ0) is 17.1. The molecule has 25 heavy (non-hydrogen) atoms. The van der Waals surface area contributed by atoms with Crippen LogP contribution in [0.5, 0.6) is 0 Å². The Labute approximate surface area is 148 Å². The SMILES string of the molecule is FC1(Cc2ccccc2)CN(C(c2ccccc2)c2ccccc2)C1. The summed E-state index contributed by atoms with van der Waals surface area (Å²) in [6, 6.07) is 30.9. The number of benzene rings is 3. The van der Waals surface area contributed by atoms with Crippen molar-refractivity contribution in [2.24, 2.45) is 0 Å². The van der Waals surface area contributed by atoms with E-state index >= 15 is 4.39 Å². The van der Waals surface area contributed by atoms with Crippen molar-refractivity contribution in [1.29, 1.82) is 0 Å². The first-order valence-electron chi connectivity index (χ1n) is 8.80. The van der Waals surface area contributed by atoms with Crippen molar-refractivity contribution in [1.82, 2.24) is 4.90 Å². The van der Waals surface area contributed by atoms with E-state index in [0.29, 0.717) is 19.5 Å². The molecule has 0 N–H and O–H groups in total. The molecule has 0 spiro atoms. The quantitative estimate of drug-likeness (QED) is 0.633. The maximum Gasteiger partial charge on any atom is 0.140 e. The Bertz CT molecular complexity index is 756. The maximum atomic E-state index is 15.2. The molecule has 3 aromatic carbocycles. The van der Waals surface area contributed by atoms with Gasteiger partial charge in [0.25, 0.3) is 0 Å². The lowest BCUT2D eigenvalue weighted by Gasteiger charge is -2.49. The third kappa shape index (κ3) is 3.49. The fourth-order valence-electron chi connectivity index (χ4n) is 3.82. The Morgan fingerprint density at radius 3 is 1.64 bits per heavy atom. The molecule has 0 aliphatic carbocycles. The van der Waals surface area contributed by atoms with Crippen LogP contribution in [0, 0.1) is 0 Å². The molecule has 1 nitrogen and oxygen atoms in total. The number of likely N-dealkylation sites (tertiary alicyclic amines) is 1. The lowest BCUT2D eigenvalue weighted by atomic mass is 9.84. The summed E-state index contributed by atoms with van der Waals surface area (Å²) in [6.07, 6.45) is 0.487. The van der Waals surface area contributed by atoms with Crippen LogP contribution in [-0.2, 0) is 6.42 Å². The van der Waals surface area contributed by atoms with Gasteiger partial charge in [0.05, 0.1) is 6.04 Å². The second-order valence-electron chi connectivity index (χ2n) is 6.94. The Morgan fingerprint density at radius 1 is 0.720 bits per heavy atom. The van der Waals surface area contributed by atoms with E-state index in [1.54, 1.807) is 0 Å². The van der Waals surface area contributed by atoms with E-state index in [0.717, 1.165) is 5.56 Å². The molecule has 126 valence electrons. The molecule has 2 heteroatoms. The van der Waals surface area contributed by atoms with Crippen molar-refractivity contribution in [3.8, 4) is 0 Å². The average molecular weight is 331 g/mol. The van der Waals surface area contributed by atoms with Crippen molar-refractivity contribution in [3.63, 3.8) is 0 Å². The summed E-state index contributed by atoms with van der Waals surface area (Å²) in [5.74, 6) is 0. The summed E-state index contributed by atoms with van der Waals surface area (Å²) in [4.78, 5) is 2.24. The molecule has 0 saturated carbocycles. The Hall–Kier alpha value is -2.45. The average Bonchev–Trinajstić information content (AvgIpc) is 2.63. The van der Waals surface area contributed by atoms with Gasteiger partial charge >= 0.3 is 0 Å². The molecule has 1 heterocycles. The number of alkyl halides is 1. The molecule has 1 aliphatic rings. The molecule has 0 amide bonds. The highest BCUT2D eigenvalue weighted by molar-refractivity contribution is 5.33. The summed E-state index contributed by atoms with van der Waals surface area (Å²) in [6.45, 7) is 0.937. The van der Waals surface area contributed by atoms with Crippen LogP contribution < -0.4 is 0 Å². The number of rotatable bonds is 5. The van der Waals surface area contributed by atoms with E-state index in [-0.39, 0.29) is 6.04 Å². The van der Waals surface area contributed by atoms with Gasteiger partial charge in [0.2, 0.25) is 0 Å². The molecule has 1 aliphatic heterocycles. The van der Waals surface area contributed by atoms with Crippen molar-refractivity contribution < 1.29 is 4.39 Å². The summed E-state index contributed by atoms with van der Waals surface area (Å²) >= 11 is 0. The van der Waals surface area contributed by atoms with Gasteiger partial charge < -0.3 is 0 Å². The number of nitrogens with zero attached hydrogens (tertiary/aromatic N) is 1. The number of halogens is 1. The van der Waals surface area contributed by atoms with E-state index in [2.05, 4.69) is 53.4 Å². The predicted octanol–water partition coefficient (Wildman–Crippen LogP) is 5.04. The van der Waals surface area contributed by atoms with E-state index in [1.807, 2.05) is 42.5 Å². The molecule has 0 unspecified atom stereocenters. The second-order valence-corrected chi connectivity index (χ2v) is 6.94. The lowest BCUT2D eigenvalue weighted by Crippen LogP contribution is -2.61. The fraction of sp³-hybridized carbons (Fsp3) is 0.217. The van der Waals surface area contributed by atoms with Crippen molar-refractivity contribution in [3.05, 3.63) is 108 Å². The smallest absolute Gasteiger partial charge is 0.140 e. The molecule has 4 rings (SSSR count). The molecular weight excluding hydrogens is 309 g/mol. The third-order valence-electron chi connectivity index (χ3n) is 4.93. The molecule has 0 radical (unpaired) electrons.